The van der Waals surface area contributed by atoms with E-state index in [0.29, 0.717) is 34.9 Å². The highest BCUT2D eigenvalue weighted by atomic mass is 32.2. The predicted molar refractivity (Wildman–Crippen MR) is 92.4 cm³/mol. The molecule has 1 aliphatic rings. The molecule has 1 heterocycles. The van der Waals surface area contributed by atoms with E-state index in [1.54, 1.807) is 18.7 Å². The molecule has 0 atom stereocenters. The molecule has 1 aliphatic heterocycles. The van der Waals surface area contributed by atoms with Crippen LogP contribution in [-0.4, -0.2) is 44.4 Å². The minimum atomic E-state index is -4.62. The molecule has 0 aromatic heterocycles. The van der Waals surface area contributed by atoms with Gasteiger partial charge in [-0.05, 0) is 42.5 Å². The van der Waals surface area contributed by atoms with Gasteiger partial charge in [0.2, 0.25) is 15.9 Å². The number of alkyl halides is 3. The fraction of sp³-hybridized carbons (Fsp3) is 0.588. The molecule has 0 fully saturated rings. The predicted octanol–water partition coefficient (Wildman–Crippen LogP) is 3.19. The summed E-state index contributed by atoms with van der Waals surface area (Å²) in [4.78, 5) is 13.1. The Labute approximate surface area is 151 Å². The number of benzene rings is 1. The quantitative estimate of drug-likeness (QED) is 0.773. The van der Waals surface area contributed by atoms with Crippen molar-refractivity contribution < 1.29 is 26.4 Å². The van der Waals surface area contributed by atoms with Gasteiger partial charge in [-0.1, -0.05) is 13.8 Å². The van der Waals surface area contributed by atoms with Crippen molar-refractivity contribution in [2.75, 3.05) is 24.5 Å². The first-order valence-electron chi connectivity index (χ1n) is 8.40. The molecule has 2 rings (SSSR count). The van der Waals surface area contributed by atoms with Crippen molar-refractivity contribution in [1.82, 2.24) is 4.31 Å². The Morgan fingerprint density at radius 2 is 1.96 bits per heavy atom. The van der Waals surface area contributed by atoms with Gasteiger partial charge in [0.25, 0.3) is 0 Å². The van der Waals surface area contributed by atoms with Crippen molar-refractivity contribution in [3.8, 4) is 0 Å². The largest absolute Gasteiger partial charge is 0.402 e. The van der Waals surface area contributed by atoms with Crippen LogP contribution in [0.5, 0.6) is 0 Å². The molecule has 9 heteroatoms. The van der Waals surface area contributed by atoms with Gasteiger partial charge in [0.1, 0.15) is 6.54 Å². The summed E-state index contributed by atoms with van der Waals surface area (Å²) in [6, 6.07) is 4.17. The first-order valence-corrected chi connectivity index (χ1v) is 9.84. The lowest BCUT2D eigenvalue weighted by Gasteiger charge is -2.30. The third-order valence-corrected chi connectivity index (χ3v) is 5.92. The van der Waals surface area contributed by atoms with Crippen LogP contribution in [0.2, 0.25) is 0 Å². The summed E-state index contributed by atoms with van der Waals surface area (Å²) < 4.78 is 64.7. The van der Waals surface area contributed by atoms with Crippen LogP contribution >= 0.6 is 0 Å². The van der Waals surface area contributed by atoms with E-state index >= 15 is 0 Å². The van der Waals surface area contributed by atoms with Crippen LogP contribution in [-0.2, 0) is 21.2 Å². The molecule has 5 nitrogen and oxygen atoms in total. The monoisotopic (exact) mass is 392 g/mol. The van der Waals surface area contributed by atoms with Gasteiger partial charge in [0, 0.05) is 25.7 Å². The van der Waals surface area contributed by atoms with Crippen molar-refractivity contribution in [1.29, 1.82) is 0 Å². The average Bonchev–Trinajstić information content (AvgIpc) is 2.51. The van der Waals surface area contributed by atoms with E-state index in [1.807, 2.05) is 0 Å². The summed E-state index contributed by atoms with van der Waals surface area (Å²) in [6.07, 6.45) is -3.37. The first kappa shape index (κ1) is 20.7. The average molecular weight is 392 g/mol. The Kier molecular flexibility index (Phi) is 6.02. The first-order chi connectivity index (χ1) is 11.9. The lowest BCUT2D eigenvalue weighted by molar-refractivity contribution is -0.136. The van der Waals surface area contributed by atoms with Crippen LogP contribution < -0.4 is 4.90 Å². The van der Waals surface area contributed by atoms with Gasteiger partial charge in [0.15, 0.2) is 0 Å². The summed E-state index contributed by atoms with van der Waals surface area (Å²) >= 11 is 0. The number of aryl methyl sites for hydroxylation is 1. The summed E-state index contributed by atoms with van der Waals surface area (Å²) in [5, 5.41) is 0. The van der Waals surface area contributed by atoms with Gasteiger partial charge in [-0.2, -0.15) is 17.5 Å². The third kappa shape index (κ3) is 4.76. The number of amides is 1. The molecule has 0 saturated heterocycles. The fourth-order valence-corrected chi connectivity index (χ4v) is 4.71. The maximum Gasteiger partial charge on any atom is 0.402 e. The van der Waals surface area contributed by atoms with Crippen LogP contribution in [0.15, 0.2) is 23.1 Å². The normalized spacial score (nSPS) is 15.5. The van der Waals surface area contributed by atoms with Crippen molar-refractivity contribution >= 4 is 21.6 Å². The Morgan fingerprint density at radius 3 is 2.50 bits per heavy atom. The molecule has 26 heavy (non-hydrogen) atoms. The molecule has 0 bridgehead atoms. The third-order valence-electron chi connectivity index (χ3n) is 4.11. The van der Waals surface area contributed by atoms with Gasteiger partial charge >= 0.3 is 6.18 Å². The number of halogens is 3. The maximum atomic E-state index is 12.9. The molecule has 0 spiro atoms. The highest BCUT2D eigenvalue weighted by Gasteiger charge is 2.37. The van der Waals surface area contributed by atoms with Crippen molar-refractivity contribution in [2.45, 2.75) is 44.7 Å². The molecule has 0 N–H and O–H groups in total. The molecule has 1 amide bonds. The molecular formula is C17H23F3N2O3S. The van der Waals surface area contributed by atoms with E-state index in [-0.39, 0.29) is 23.3 Å². The zero-order chi connectivity index (χ0) is 19.7. The second kappa shape index (κ2) is 7.56. The minimum absolute atomic E-state index is 0.153. The van der Waals surface area contributed by atoms with Crippen molar-refractivity contribution in [3.63, 3.8) is 0 Å². The number of carbonyl (C=O) groups excluding carboxylic acids is 1. The zero-order valence-electron chi connectivity index (χ0n) is 15.0. The number of hydrogen-bond donors (Lipinski definition) is 0. The molecule has 1 aromatic rings. The standard InChI is InChI=1S/C17H23F3N2O3S/c1-12(2)10-21(11-17(18,19)20)26(24,25)15-6-7-16-14(9-15)5-4-8-22(16)13(3)23/h6-7,9,12H,4-5,8,10-11H2,1-3H3. The molecule has 0 unspecified atom stereocenters. The Morgan fingerprint density at radius 1 is 1.31 bits per heavy atom. The topological polar surface area (TPSA) is 57.7 Å². The van der Waals surface area contributed by atoms with E-state index < -0.39 is 22.7 Å². The number of carbonyl (C=O) groups is 1. The van der Waals surface area contributed by atoms with Gasteiger partial charge in [-0.3, -0.25) is 4.79 Å². The molecule has 0 aliphatic carbocycles. The zero-order valence-corrected chi connectivity index (χ0v) is 15.8. The molecule has 146 valence electrons. The number of fused-ring (bicyclic) bond motifs is 1. The summed E-state index contributed by atoms with van der Waals surface area (Å²) in [7, 11) is -4.29. The van der Waals surface area contributed by atoms with Gasteiger partial charge < -0.3 is 4.90 Å². The van der Waals surface area contributed by atoms with Crippen LogP contribution in [0.3, 0.4) is 0 Å². The van der Waals surface area contributed by atoms with Gasteiger partial charge in [0.05, 0.1) is 4.90 Å². The SMILES string of the molecule is CC(=O)N1CCCc2cc(S(=O)(=O)N(CC(C)C)CC(F)(F)F)ccc21. The number of rotatable bonds is 5. The molecule has 0 radical (unpaired) electrons. The van der Waals surface area contributed by atoms with Crippen molar-refractivity contribution in [3.05, 3.63) is 23.8 Å². The number of nitrogens with zero attached hydrogens (tertiary/aromatic N) is 2. The number of anilines is 1. The second-order valence-electron chi connectivity index (χ2n) is 6.87. The molecule has 0 saturated carbocycles. The van der Waals surface area contributed by atoms with Crippen LogP contribution in [0.25, 0.3) is 0 Å². The summed E-state index contributed by atoms with van der Waals surface area (Å²) in [5.74, 6) is -0.405. The van der Waals surface area contributed by atoms with E-state index in [1.165, 1.54) is 25.1 Å². The van der Waals surface area contributed by atoms with Crippen LogP contribution in [0, 0.1) is 5.92 Å². The Balaban J connectivity index is 2.42. The minimum Gasteiger partial charge on any atom is -0.312 e. The Bertz CT molecular complexity index is 776. The van der Waals surface area contributed by atoms with Crippen LogP contribution in [0.1, 0.15) is 32.8 Å². The number of hydrogen-bond acceptors (Lipinski definition) is 3. The van der Waals surface area contributed by atoms with Crippen LogP contribution in [0.4, 0.5) is 18.9 Å². The lowest BCUT2D eigenvalue weighted by Crippen LogP contribution is -2.41. The summed E-state index contributed by atoms with van der Waals surface area (Å²) in [6.45, 7) is 3.55. The number of sulfonamides is 1. The summed E-state index contributed by atoms with van der Waals surface area (Å²) in [5.41, 5.74) is 1.28. The Hall–Kier alpha value is -1.61. The van der Waals surface area contributed by atoms with E-state index in [9.17, 15) is 26.4 Å². The molecular weight excluding hydrogens is 369 g/mol. The van der Waals surface area contributed by atoms with E-state index in [0.717, 1.165) is 0 Å². The highest BCUT2D eigenvalue weighted by Crippen LogP contribution is 2.31. The maximum absolute atomic E-state index is 12.9. The van der Waals surface area contributed by atoms with Gasteiger partial charge in [-0.15, -0.1) is 0 Å². The molecule has 1 aromatic carbocycles. The van der Waals surface area contributed by atoms with E-state index in [2.05, 4.69) is 0 Å². The smallest absolute Gasteiger partial charge is 0.312 e. The second-order valence-corrected chi connectivity index (χ2v) is 8.81. The van der Waals surface area contributed by atoms with Gasteiger partial charge in [-0.25, -0.2) is 8.42 Å². The highest BCUT2D eigenvalue weighted by molar-refractivity contribution is 7.89. The van der Waals surface area contributed by atoms with E-state index in [4.69, 9.17) is 0 Å². The fourth-order valence-electron chi connectivity index (χ4n) is 3.06. The van der Waals surface area contributed by atoms with Crippen molar-refractivity contribution in [2.24, 2.45) is 5.92 Å². The lowest BCUT2D eigenvalue weighted by atomic mass is 10.0.